The molecular weight excluding hydrogens is 346 g/mol. The van der Waals surface area contributed by atoms with Crippen molar-refractivity contribution in [3.8, 4) is 17.0 Å². The normalized spacial score (nSPS) is 17.5. The molecule has 6 heteroatoms. The van der Waals surface area contributed by atoms with Crippen LogP contribution in [0.5, 0.6) is 5.75 Å². The number of ether oxygens (including phenoxy) is 1. The molecule has 140 valence electrons. The Kier molecular flexibility index (Phi) is 5.94. The molecule has 1 aliphatic rings. The van der Waals surface area contributed by atoms with E-state index in [0.29, 0.717) is 11.2 Å². The first-order valence-electron chi connectivity index (χ1n) is 9.19. The lowest BCUT2D eigenvalue weighted by Gasteiger charge is -2.20. The van der Waals surface area contributed by atoms with E-state index in [1.165, 1.54) is 30.2 Å². The first-order valence-corrected chi connectivity index (χ1v) is 10.0. The minimum Gasteiger partial charge on any atom is -0.497 e. The Morgan fingerprint density at radius 2 is 2.23 bits per heavy atom. The molecule has 5 nitrogen and oxygen atoms in total. The molecule has 1 fully saturated rings. The van der Waals surface area contributed by atoms with E-state index < -0.39 is 0 Å². The monoisotopic (exact) mass is 373 g/mol. The molecule has 0 spiro atoms. The van der Waals surface area contributed by atoms with Crippen LogP contribution in [0.25, 0.3) is 11.3 Å². The van der Waals surface area contributed by atoms with Crippen molar-refractivity contribution < 1.29 is 9.53 Å². The summed E-state index contributed by atoms with van der Waals surface area (Å²) < 4.78 is 5.48. The van der Waals surface area contributed by atoms with Crippen LogP contribution < -0.4 is 10.1 Å². The van der Waals surface area contributed by atoms with E-state index in [4.69, 9.17) is 9.72 Å². The predicted molar refractivity (Wildman–Crippen MR) is 107 cm³/mol. The van der Waals surface area contributed by atoms with Gasteiger partial charge in [-0.05, 0) is 56.5 Å². The van der Waals surface area contributed by atoms with E-state index >= 15 is 0 Å². The minimum absolute atomic E-state index is 0.0914. The Morgan fingerprint density at radius 1 is 1.42 bits per heavy atom. The van der Waals surface area contributed by atoms with Crippen molar-refractivity contribution >= 4 is 22.4 Å². The van der Waals surface area contributed by atoms with Gasteiger partial charge in [0, 0.05) is 30.0 Å². The molecule has 1 N–H and O–H groups in total. The largest absolute Gasteiger partial charge is 0.497 e. The van der Waals surface area contributed by atoms with Gasteiger partial charge in [0.25, 0.3) is 0 Å². The third-order valence-electron chi connectivity index (χ3n) is 4.90. The number of hydrogen-bond donors (Lipinski definition) is 1. The Bertz CT molecular complexity index is 765. The lowest BCUT2D eigenvalue weighted by atomic mass is 10.0. The zero-order valence-corrected chi connectivity index (χ0v) is 16.8. The Balaban J connectivity index is 2.01. The fraction of sp³-hybridized carbons (Fsp3) is 0.500. The zero-order valence-electron chi connectivity index (χ0n) is 16.0. The standard InChI is InChI=1S/C20H27N3O2S/c1-5-15-9-16(11-17(10-15)25-4)19-18(12-23-8-6-7-13(23)2)26-20(22-19)21-14(3)24/h9-11,13H,5-8,12H2,1-4H3,(H,21,22,24)/t13-/m1/s1. The summed E-state index contributed by atoms with van der Waals surface area (Å²) in [5.41, 5.74) is 3.22. The molecule has 1 aromatic heterocycles. The van der Waals surface area contributed by atoms with E-state index in [-0.39, 0.29) is 5.91 Å². The lowest BCUT2D eigenvalue weighted by Crippen LogP contribution is -2.25. The molecule has 0 bridgehead atoms. The number of nitrogens with one attached hydrogen (secondary N) is 1. The fourth-order valence-electron chi connectivity index (χ4n) is 3.42. The van der Waals surface area contributed by atoms with Gasteiger partial charge >= 0.3 is 0 Å². The number of likely N-dealkylation sites (tertiary alicyclic amines) is 1. The summed E-state index contributed by atoms with van der Waals surface area (Å²) in [7, 11) is 1.69. The van der Waals surface area contributed by atoms with Crippen LogP contribution in [-0.4, -0.2) is 35.5 Å². The molecule has 0 unspecified atom stereocenters. The van der Waals surface area contributed by atoms with Gasteiger partial charge in [0.1, 0.15) is 5.75 Å². The Hall–Kier alpha value is -1.92. The Labute approximate surface area is 159 Å². The highest BCUT2D eigenvalue weighted by molar-refractivity contribution is 7.16. The SMILES string of the molecule is CCc1cc(OC)cc(-c2nc(NC(C)=O)sc2CN2CCC[C@H]2C)c1. The number of aryl methyl sites for hydroxylation is 1. The summed E-state index contributed by atoms with van der Waals surface area (Å²) in [5.74, 6) is 0.750. The van der Waals surface area contributed by atoms with Gasteiger partial charge in [-0.2, -0.15) is 0 Å². The topological polar surface area (TPSA) is 54.5 Å². The van der Waals surface area contributed by atoms with Crippen LogP contribution in [0.2, 0.25) is 0 Å². The highest BCUT2D eigenvalue weighted by Crippen LogP contribution is 2.35. The van der Waals surface area contributed by atoms with Crippen LogP contribution in [0.15, 0.2) is 18.2 Å². The molecule has 0 saturated carbocycles. The second-order valence-electron chi connectivity index (χ2n) is 6.86. The summed E-state index contributed by atoms with van der Waals surface area (Å²) in [4.78, 5) is 19.9. The summed E-state index contributed by atoms with van der Waals surface area (Å²) in [6.07, 6.45) is 3.42. The quantitative estimate of drug-likeness (QED) is 0.819. The van der Waals surface area contributed by atoms with Crippen molar-refractivity contribution in [2.75, 3.05) is 19.0 Å². The average molecular weight is 374 g/mol. The van der Waals surface area contributed by atoms with Crippen molar-refractivity contribution in [3.63, 3.8) is 0 Å². The van der Waals surface area contributed by atoms with Crippen molar-refractivity contribution in [2.24, 2.45) is 0 Å². The maximum atomic E-state index is 11.5. The number of nitrogens with zero attached hydrogens (tertiary/aromatic N) is 2. The van der Waals surface area contributed by atoms with Gasteiger partial charge in [-0.3, -0.25) is 9.69 Å². The molecule has 1 saturated heterocycles. The molecule has 2 heterocycles. The van der Waals surface area contributed by atoms with Crippen LogP contribution in [0.4, 0.5) is 5.13 Å². The van der Waals surface area contributed by atoms with Crippen molar-refractivity contribution in [3.05, 3.63) is 28.6 Å². The van der Waals surface area contributed by atoms with Gasteiger partial charge in [0.05, 0.1) is 12.8 Å². The molecule has 1 aliphatic heterocycles. The van der Waals surface area contributed by atoms with Crippen molar-refractivity contribution in [1.82, 2.24) is 9.88 Å². The summed E-state index contributed by atoms with van der Waals surface area (Å²) in [5, 5.41) is 3.51. The maximum Gasteiger partial charge on any atom is 0.223 e. The molecule has 1 atom stereocenters. The highest BCUT2D eigenvalue weighted by atomic mass is 32.1. The van der Waals surface area contributed by atoms with Gasteiger partial charge < -0.3 is 10.1 Å². The molecule has 0 radical (unpaired) electrons. The molecule has 3 rings (SSSR count). The average Bonchev–Trinajstić information content (AvgIpc) is 3.20. The number of aromatic nitrogens is 1. The summed E-state index contributed by atoms with van der Waals surface area (Å²) in [6, 6.07) is 6.85. The highest BCUT2D eigenvalue weighted by Gasteiger charge is 2.24. The number of carbonyl (C=O) groups excluding carboxylic acids is 1. The number of thiazole rings is 1. The second kappa shape index (κ2) is 8.18. The number of carbonyl (C=O) groups is 1. The van der Waals surface area contributed by atoms with E-state index in [1.54, 1.807) is 18.4 Å². The lowest BCUT2D eigenvalue weighted by molar-refractivity contribution is -0.114. The number of amides is 1. The molecule has 2 aromatic rings. The van der Waals surface area contributed by atoms with E-state index in [2.05, 4.69) is 36.2 Å². The van der Waals surface area contributed by atoms with Crippen molar-refractivity contribution in [2.45, 2.75) is 52.6 Å². The van der Waals surface area contributed by atoms with Crippen LogP contribution >= 0.6 is 11.3 Å². The van der Waals surface area contributed by atoms with Crippen LogP contribution in [-0.2, 0) is 17.8 Å². The molecule has 26 heavy (non-hydrogen) atoms. The summed E-state index contributed by atoms with van der Waals surface area (Å²) >= 11 is 1.57. The Morgan fingerprint density at radius 3 is 2.85 bits per heavy atom. The van der Waals surface area contributed by atoms with Gasteiger partial charge in [0.15, 0.2) is 5.13 Å². The van der Waals surface area contributed by atoms with E-state index in [0.717, 1.165) is 36.5 Å². The van der Waals surface area contributed by atoms with Crippen LogP contribution in [0.1, 0.15) is 44.1 Å². The number of rotatable bonds is 6. The van der Waals surface area contributed by atoms with Gasteiger partial charge in [-0.15, -0.1) is 0 Å². The molecular formula is C20H27N3O2S. The van der Waals surface area contributed by atoms with E-state index in [1.807, 2.05) is 6.07 Å². The zero-order chi connectivity index (χ0) is 18.7. The number of anilines is 1. The predicted octanol–water partition coefficient (Wildman–Crippen LogP) is 4.32. The minimum atomic E-state index is -0.0914. The van der Waals surface area contributed by atoms with Gasteiger partial charge in [-0.1, -0.05) is 18.3 Å². The third kappa shape index (κ3) is 4.24. The van der Waals surface area contributed by atoms with Crippen molar-refractivity contribution in [1.29, 1.82) is 0 Å². The summed E-state index contributed by atoms with van der Waals surface area (Å²) in [6.45, 7) is 7.92. The number of benzene rings is 1. The number of hydrogen-bond acceptors (Lipinski definition) is 5. The van der Waals surface area contributed by atoms with Gasteiger partial charge in [-0.25, -0.2) is 4.98 Å². The maximum absolute atomic E-state index is 11.5. The fourth-order valence-corrected chi connectivity index (χ4v) is 4.48. The molecule has 1 amide bonds. The molecule has 0 aliphatic carbocycles. The first-order chi connectivity index (χ1) is 12.5. The van der Waals surface area contributed by atoms with Gasteiger partial charge in [0.2, 0.25) is 5.91 Å². The third-order valence-corrected chi connectivity index (χ3v) is 5.86. The molecule has 1 aromatic carbocycles. The number of methoxy groups -OCH3 is 1. The first kappa shape index (κ1) is 18.9. The smallest absolute Gasteiger partial charge is 0.223 e. The van der Waals surface area contributed by atoms with E-state index in [9.17, 15) is 4.79 Å². The van der Waals surface area contributed by atoms with Crippen LogP contribution in [0, 0.1) is 0 Å². The van der Waals surface area contributed by atoms with Crippen LogP contribution in [0.3, 0.4) is 0 Å². The second-order valence-corrected chi connectivity index (χ2v) is 7.94.